The van der Waals surface area contributed by atoms with Gasteiger partial charge in [-0.1, -0.05) is 0 Å². The van der Waals surface area contributed by atoms with E-state index in [1.54, 1.807) is 11.9 Å². The smallest absolute Gasteiger partial charge is 0.323 e. The van der Waals surface area contributed by atoms with Crippen molar-refractivity contribution in [1.82, 2.24) is 9.88 Å². The molecular weight excluding hydrogens is 566 g/mol. The number of rotatable bonds is 10. The number of sulfone groups is 1. The van der Waals surface area contributed by atoms with Crippen molar-refractivity contribution in [3.05, 3.63) is 65.4 Å². The van der Waals surface area contributed by atoms with Gasteiger partial charge < -0.3 is 36.1 Å². The highest BCUT2D eigenvalue weighted by molar-refractivity contribution is 7.92. The molecule has 4 rings (SSSR count). The lowest BCUT2D eigenvalue weighted by Gasteiger charge is -2.20. The van der Waals surface area contributed by atoms with Crippen LogP contribution < -0.4 is 20.9 Å². The summed E-state index contributed by atoms with van der Waals surface area (Å²) in [7, 11) is -2.81. The van der Waals surface area contributed by atoms with E-state index in [1.165, 1.54) is 6.07 Å². The predicted molar refractivity (Wildman–Crippen MR) is 142 cm³/mol. The number of nitrogens with two attached hydrogens (primary N) is 2. The molecule has 2 aromatic carbocycles. The van der Waals surface area contributed by atoms with Crippen LogP contribution in [0.5, 0.6) is 28.9 Å². The normalized spacial score (nSPS) is 14.0. The first-order valence-electron chi connectivity index (χ1n) is 11.8. The molecule has 1 aliphatic heterocycles. The lowest BCUT2D eigenvalue weighted by Crippen LogP contribution is -2.37. The van der Waals surface area contributed by atoms with E-state index in [4.69, 9.17) is 26.4 Å². The number of hydrogen-bond donors (Lipinski definition) is 5. The van der Waals surface area contributed by atoms with Gasteiger partial charge in [-0.15, -0.1) is 0 Å². The van der Waals surface area contributed by atoms with Gasteiger partial charge in [0.25, 0.3) is 5.88 Å². The van der Waals surface area contributed by atoms with Gasteiger partial charge in [-0.25, -0.2) is 17.8 Å². The summed E-state index contributed by atoms with van der Waals surface area (Å²) in [4.78, 5) is 20.6. The predicted octanol–water partition coefficient (Wildman–Crippen LogP) is 1.81. The molecule has 0 amide bonds. The number of carbonyl (C=O) groups is 1. The summed E-state index contributed by atoms with van der Waals surface area (Å²) in [5.41, 5.74) is 11.0. The number of phenols is 1. The quantitative estimate of drug-likeness (QED) is 0.170. The molecule has 16 heteroatoms. The topological polar surface area (TPSA) is 215 Å². The number of hydrogen-bond acceptors (Lipinski definition) is 11. The molecule has 1 aliphatic rings. The Morgan fingerprint density at radius 1 is 1.20 bits per heavy atom. The van der Waals surface area contributed by atoms with Crippen LogP contribution in [0.25, 0.3) is 0 Å². The number of likely N-dealkylation sites (N-methyl/N-ethyl adjacent to an activating group) is 1. The third-order valence-electron chi connectivity index (χ3n) is 6.03. The number of aliphatic carboxylic acids is 1. The number of carboxylic acid groups (broad SMARTS) is 1. The van der Waals surface area contributed by atoms with Crippen LogP contribution >= 0.6 is 0 Å². The number of pyridine rings is 1. The number of aromatic nitrogens is 1. The van der Waals surface area contributed by atoms with E-state index in [2.05, 4.69) is 9.98 Å². The number of benzene rings is 2. The van der Waals surface area contributed by atoms with Gasteiger partial charge in [-0.05, 0) is 36.4 Å². The van der Waals surface area contributed by atoms with Gasteiger partial charge in [0, 0.05) is 25.7 Å². The maximum atomic E-state index is 15.5. The van der Waals surface area contributed by atoms with Crippen molar-refractivity contribution in [2.45, 2.75) is 10.1 Å². The summed E-state index contributed by atoms with van der Waals surface area (Å²) in [6.07, 6.45) is 0.607. The minimum absolute atomic E-state index is 0.0112. The maximum Gasteiger partial charge on any atom is 0.323 e. The van der Waals surface area contributed by atoms with Gasteiger partial charge in [0.15, 0.2) is 32.4 Å². The largest absolute Gasteiger partial charge is 0.504 e. The molecule has 1 atom stereocenters. The molecule has 0 aliphatic carbocycles. The van der Waals surface area contributed by atoms with Crippen molar-refractivity contribution in [3.8, 4) is 28.9 Å². The molecule has 0 saturated carbocycles. The Balaban J connectivity index is 1.78. The Bertz CT molecular complexity index is 1680. The Kier molecular flexibility index (Phi) is 8.07. The first-order valence-corrected chi connectivity index (χ1v) is 13.3. The molecule has 0 bridgehead atoms. The standard InChI is InChI=1S/C25H24F2N6O7S/c1-33-7-6-31-23(33)14-9-13(41(37,38)19(10-28)25(35)36)3-5-17(14)39-21-15(26)11-32-24(20(21)27)40-18-8-12(22(29)30)2-4-16(18)34/h2-5,8-9,11,19,34H,6-7,10,28H2,1H3,(H3,29,30)(H,35,36). The van der Waals surface area contributed by atoms with E-state index in [0.717, 1.165) is 30.3 Å². The van der Waals surface area contributed by atoms with Crippen LogP contribution in [0, 0.1) is 17.0 Å². The Labute approximate surface area is 232 Å². The van der Waals surface area contributed by atoms with E-state index in [0.29, 0.717) is 19.3 Å². The molecule has 0 fully saturated rings. The Morgan fingerprint density at radius 2 is 1.93 bits per heavy atom. The van der Waals surface area contributed by atoms with Crippen molar-refractivity contribution >= 4 is 27.5 Å². The zero-order chi connectivity index (χ0) is 30.1. The molecule has 0 radical (unpaired) electrons. The summed E-state index contributed by atoms with van der Waals surface area (Å²) in [6.45, 7) is 0.0971. The molecule has 216 valence electrons. The summed E-state index contributed by atoms with van der Waals surface area (Å²) in [5.74, 6) is -7.16. The molecule has 1 unspecified atom stereocenters. The number of carboxylic acids is 1. The maximum absolute atomic E-state index is 15.5. The number of aromatic hydroxyl groups is 1. The van der Waals surface area contributed by atoms with Crippen LogP contribution in [-0.2, 0) is 14.6 Å². The highest BCUT2D eigenvalue weighted by Crippen LogP contribution is 2.38. The van der Waals surface area contributed by atoms with Crippen LogP contribution in [0.3, 0.4) is 0 Å². The van der Waals surface area contributed by atoms with E-state index in [1.807, 2.05) is 0 Å². The first-order chi connectivity index (χ1) is 19.3. The van der Waals surface area contributed by atoms with E-state index in [9.17, 15) is 27.8 Å². The molecule has 1 aromatic heterocycles. The van der Waals surface area contributed by atoms with Crippen LogP contribution in [0.15, 0.2) is 52.5 Å². The number of nitrogens with zero attached hydrogens (tertiary/aromatic N) is 3. The fraction of sp³-hybridized carbons (Fsp3) is 0.200. The number of nitrogens with one attached hydrogen (secondary N) is 1. The molecule has 3 aromatic rings. The zero-order valence-electron chi connectivity index (χ0n) is 21.3. The van der Waals surface area contributed by atoms with Gasteiger partial charge in [-0.2, -0.15) is 4.39 Å². The van der Waals surface area contributed by atoms with Crippen molar-refractivity contribution in [1.29, 1.82) is 5.41 Å². The monoisotopic (exact) mass is 590 g/mol. The van der Waals surface area contributed by atoms with Gasteiger partial charge in [0.2, 0.25) is 11.6 Å². The Morgan fingerprint density at radius 3 is 2.54 bits per heavy atom. The lowest BCUT2D eigenvalue weighted by molar-refractivity contribution is -0.136. The van der Waals surface area contributed by atoms with E-state index >= 15 is 4.39 Å². The highest BCUT2D eigenvalue weighted by Gasteiger charge is 2.34. The number of amidine groups is 2. The van der Waals surface area contributed by atoms with E-state index in [-0.39, 0.29) is 34.3 Å². The van der Waals surface area contributed by atoms with Gasteiger partial charge in [0.05, 0.1) is 23.2 Å². The number of halogens is 2. The first kappa shape index (κ1) is 29.2. The number of aliphatic imine (C=N–C) groups is 1. The van der Waals surface area contributed by atoms with Crippen molar-refractivity contribution in [2.75, 3.05) is 26.7 Å². The minimum Gasteiger partial charge on any atom is -0.504 e. The van der Waals surface area contributed by atoms with Gasteiger partial charge in [0.1, 0.15) is 17.4 Å². The van der Waals surface area contributed by atoms with Crippen LogP contribution in [0.1, 0.15) is 11.1 Å². The minimum atomic E-state index is -4.46. The average molecular weight is 591 g/mol. The summed E-state index contributed by atoms with van der Waals surface area (Å²) in [6, 6.07) is 6.86. The zero-order valence-corrected chi connectivity index (χ0v) is 22.2. The van der Waals surface area contributed by atoms with Crippen molar-refractivity contribution < 1.29 is 41.7 Å². The Hall–Kier alpha value is -4.83. The van der Waals surface area contributed by atoms with Gasteiger partial charge >= 0.3 is 5.97 Å². The van der Waals surface area contributed by atoms with Crippen molar-refractivity contribution in [3.63, 3.8) is 0 Å². The van der Waals surface area contributed by atoms with Crippen molar-refractivity contribution in [2.24, 2.45) is 16.5 Å². The van der Waals surface area contributed by atoms with Crippen LogP contribution in [-0.4, -0.2) is 78.1 Å². The molecule has 13 nitrogen and oxygen atoms in total. The summed E-state index contributed by atoms with van der Waals surface area (Å²) < 4.78 is 67.2. The molecular formula is C25H24F2N6O7S. The second-order valence-electron chi connectivity index (χ2n) is 8.75. The summed E-state index contributed by atoms with van der Waals surface area (Å²) >= 11 is 0. The second kappa shape index (κ2) is 11.3. The number of phenolic OH excluding ortho intramolecular Hbond substituents is 1. The second-order valence-corrected chi connectivity index (χ2v) is 10.9. The number of nitrogen functional groups attached to an aromatic ring is 1. The lowest BCUT2D eigenvalue weighted by atomic mass is 10.1. The third kappa shape index (κ3) is 5.73. The summed E-state index contributed by atoms with van der Waals surface area (Å²) in [5, 5.41) is 25.0. The van der Waals surface area contributed by atoms with E-state index < -0.39 is 61.5 Å². The molecule has 41 heavy (non-hydrogen) atoms. The average Bonchev–Trinajstić information content (AvgIpc) is 3.34. The SMILES string of the molecule is CN1CCN=C1c1cc(S(=O)(=O)C(CN)C(=O)O)ccc1Oc1c(F)cnc(Oc2cc(C(=N)N)ccc2O)c1F. The fourth-order valence-corrected chi connectivity index (χ4v) is 5.26. The molecule has 7 N–H and O–H groups in total. The molecule has 2 heterocycles. The molecule has 0 spiro atoms. The fourth-order valence-electron chi connectivity index (χ4n) is 3.87. The number of ether oxygens (including phenoxy) is 2. The van der Waals surface area contributed by atoms with Gasteiger partial charge in [-0.3, -0.25) is 15.2 Å². The highest BCUT2D eigenvalue weighted by atomic mass is 32.2. The van der Waals surface area contributed by atoms with Crippen LogP contribution in [0.2, 0.25) is 0 Å². The molecule has 0 saturated heterocycles. The van der Waals surface area contributed by atoms with Crippen LogP contribution in [0.4, 0.5) is 8.78 Å². The third-order valence-corrected chi connectivity index (χ3v) is 8.09.